The third-order valence-corrected chi connectivity index (χ3v) is 8.38. The van der Waals surface area contributed by atoms with E-state index in [4.69, 9.17) is 4.74 Å². The fourth-order valence-electron chi connectivity index (χ4n) is 6.40. The van der Waals surface area contributed by atoms with Gasteiger partial charge in [-0.2, -0.15) is 0 Å². The molecule has 32 heavy (non-hydrogen) atoms. The van der Waals surface area contributed by atoms with Crippen LogP contribution in [0.25, 0.3) is 11.1 Å². The van der Waals surface area contributed by atoms with Crippen LogP contribution in [0.3, 0.4) is 0 Å². The van der Waals surface area contributed by atoms with Crippen LogP contribution in [0.1, 0.15) is 107 Å². The highest BCUT2D eigenvalue weighted by atomic mass is 16.5. The summed E-state index contributed by atoms with van der Waals surface area (Å²) in [6.45, 7) is 3.26. The van der Waals surface area contributed by atoms with Gasteiger partial charge >= 0.3 is 0 Å². The molecule has 174 valence electrons. The van der Waals surface area contributed by atoms with Gasteiger partial charge in [-0.05, 0) is 97.3 Å². The Hall–Kier alpha value is -1.60. The van der Waals surface area contributed by atoms with Gasteiger partial charge in [0.15, 0.2) is 0 Å². The van der Waals surface area contributed by atoms with Crippen molar-refractivity contribution in [2.75, 3.05) is 13.7 Å². The van der Waals surface area contributed by atoms with Crippen molar-refractivity contribution in [1.82, 2.24) is 0 Å². The second kappa shape index (κ2) is 12.0. The summed E-state index contributed by atoms with van der Waals surface area (Å²) >= 11 is 0. The SMILES string of the molecule is CCCCCC1CCC(c2cc(C3CCC(COC)CC3)ccc2-c2ccccc2)CC1. The van der Waals surface area contributed by atoms with Crippen molar-refractivity contribution >= 4 is 0 Å². The van der Waals surface area contributed by atoms with Crippen LogP contribution in [0.2, 0.25) is 0 Å². The Morgan fingerprint density at radius 1 is 0.750 bits per heavy atom. The van der Waals surface area contributed by atoms with Crippen LogP contribution in [0.5, 0.6) is 0 Å². The van der Waals surface area contributed by atoms with Crippen molar-refractivity contribution in [3.8, 4) is 11.1 Å². The molecule has 0 spiro atoms. The molecule has 4 rings (SSSR count). The fourth-order valence-corrected chi connectivity index (χ4v) is 6.40. The number of unbranched alkanes of at least 4 members (excludes halogenated alkanes) is 2. The average Bonchev–Trinajstić information content (AvgIpc) is 2.86. The zero-order valence-corrected chi connectivity index (χ0v) is 20.5. The van der Waals surface area contributed by atoms with Crippen LogP contribution in [0.15, 0.2) is 48.5 Å². The van der Waals surface area contributed by atoms with E-state index in [2.05, 4.69) is 55.5 Å². The third-order valence-electron chi connectivity index (χ3n) is 8.38. The van der Waals surface area contributed by atoms with Gasteiger partial charge in [-0.3, -0.25) is 0 Å². The molecule has 0 aromatic heterocycles. The van der Waals surface area contributed by atoms with Crippen LogP contribution < -0.4 is 0 Å². The number of rotatable bonds is 9. The van der Waals surface area contributed by atoms with E-state index < -0.39 is 0 Å². The van der Waals surface area contributed by atoms with E-state index in [1.165, 1.54) is 88.2 Å². The first-order chi connectivity index (χ1) is 15.8. The van der Waals surface area contributed by atoms with Gasteiger partial charge in [0, 0.05) is 13.7 Å². The summed E-state index contributed by atoms with van der Waals surface area (Å²) in [7, 11) is 1.85. The number of methoxy groups -OCH3 is 1. The molecule has 0 atom stereocenters. The summed E-state index contributed by atoms with van der Waals surface area (Å²) in [6, 6.07) is 18.6. The van der Waals surface area contributed by atoms with E-state index in [0.29, 0.717) is 0 Å². The molecule has 2 saturated carbocycles. The lowest BCUT2D eigenvalue weighted by molar-refractivity contribution is 0.127. The molecular formula is C31H44O. The Morgan fingerprint density at radius 2 is 1.44 bits per heavy atom. The maximum Gasteiger partial charge on any atom is 0.0490 e. The molecule has 0 N–H and O–H groups in total. The first kappa shape index (κ1) is 23.6. The predicted octanol–water partition coefficient (Wildman–Crippen LogP) is 9.13. The van der Waals surface area contributed by atoms with Gasteiger partial charge in [-0.25, -0.2) is 0 Å². The van der Waals surface area contributed by atoms with Crippen LogP contribution in [-0.2, 0) is 4.74 Å². The van der Waals surface area contributed by atoms with Gasteiger partial charge < -0.3 is 4.74 Å². The van der Waals surface area contributed by atoms with Crippen molar-refractivity contribution in [2.45, 2.75) is 95.8 Å². The highest BCUT2D eigenvalue weighted by Crippen LogP contribution is 2.44. The molecule has 0 radical (unpaired) electrons. The van der Waals surface area contributed by atoms with Gasteiger partial charge in [0.25, 0.3) is 0 Å². The van der Waals surface area contributed by atoms with Crippen molar-refractivity contribution < 1.29 is 4.74 Å². The van der Waals surface area contributed by atoms with E-state index in [9.17, 15) is 0 Å². The molecule has 2 aliphatic rings. The minimum atomic E-state index is 0.733. The van der Waals surface area contributed by atoms with Crippen LogP contribution in [0, 0.1) is 11.8 Å². The lowest BCUT2D eigenvalue weighted by atomic mass is 9.73. The molecule has 2 aromatic rings. The molecule has 1 nitrogen and oxygen atoms in total. The number of benzene rings is 2. The molecule has 0 amide bonds. The molecular weight excluding hydrogens is 388 g/mol. The Balaban J connectivity index is 1.51. The summed E-state index contributed by atoms with van der Waals surface area (Å²) in [5.74, 6) is 3.20. The monoisotopic (exact) mass is 432 g/mol. The second-order valence-electron chi connectivity index (χ2n) is 10.6. The smallest absolute Gasteiger partial charge is 0.0490 e. The number of hydrogen-bond acceptors (Lipinski definition) is 1. The first-order valence-electron chi connectivity index (χ1n) is 13.5. The summed E-state index contributed by atoms with van der Waals surface area (Å²) in [5, 5.41) is 0. The average molecular weight is 433 g/mol. The van der Waals surface area contributed by atoms with E-state index in [1.807, 2.05) is 7.11 Å². The molecule has 0 heterocycles. The third kappa shape index (κ3) is 6.04. The molecule has 0 saturated heterocycles. The Morgan fingerprint density at radius 3 is 2.12 bits per heavy atom. The van der Waals surface area contributed by atoms with Gasteiger partial charge in [0.1, 0.15) is 0 Å². The normalized spacial score (nSPS) is 26.2. The maximum absolute atomic E-state index is 5.42. The van der Waals surface area contributed by atoms with Crippen LogP contribution in [0.4, 0.5) is 0 Å². The van der Waals surface area contributed by atoms with E-state index in [0.717, 1.165) is 30.3 Å². The van der Waals surface area contributed by atoms with Gasteiger partial charge in [-0.15, -0.1) is 0 Å². The summed E-state index contributed by atoms with van der Waals surface area (Å²) in [5.41, 5.74) is 6.11. The molecule has 2 fully saturated rings. The van der Waals surface area contributed by atoms with E-state index in [1.54, 1.807) is 11.1 Å². The minimum Gasteiger partial charge on any atom is -0.384 e. The lowest BCUT2D eigenvalue weighted by Crippen LogP contribution is -2.18. The minimum absolute atomic E-state index is 0.733. The zero-order chi connectivity index (χ0) is 22.2. The quantitative estimate of drug-likeness (QED) is 0.359. The molecule has 1 heteroatoms. The number of ether oxygens (including phenoxy) is 1. The van der Waals surface area contributed by atoms with Crippen LogP contribution >= 0.6 is 0 Å². The van der Waals surface area contributed by atoms with Crippen molar-refractivity contribution in [1.29, 1.82) is 0 Å². The molecule has 0 aliphatic heterocycles. The topological polar surface area (TPSA) is 9.23 Å². The van der Waals surface area contributed by atoms with Crippen molar-refractivity contribution in [3.63, 3.8) is 0 Å². The Bertz CT molecular complexity index is 794. The molecule has 2 aromatic carbocycles. The van der Waals surface area contributed by atoms with E-state index in [-0.39, 0.29) is 0 Å². The van der Waals surface area contributed by atoms with Gasteiger partial charge in [0.2, 0.25) is 0 Å². The van der Waals surface area contributed by atoms with E-state index >= 15 is 0 Å². The van der Waals surface area contributed by atoms with Gasteiger partial charge in [-0.1, -0.05) is 81.1 Å². The molecule has 0 unspecified atom stereocenters. The number of hydrogen-bond donors (Lipinski definition) is 0. The molecule has 0 bridgehead atoms. The summed E-state index contributed by atoms with van der Waals surface area (Å²) in [4.78, 5) is 0. The largest absolute Gasteiger partial charge is 0.384 e. The fraction of sp³-hybridized carbons (Fsp3) is 0.613. The summed E-state index contributed by atoms with van der Waals surface area (Å²) < 4.78 is 5.42. The Kier molecular flexibility index (Phi) is 8.85. The first-order valence-corrected chi connectivity index (χ1v) is 13.5. The summed E-state index contributed by atoms with van der Waals surface area (Å²) in [6.07, 6.45) is 16.5. The van der Waals surface area contributed by atoms with Crippen molar-refractivity contribution in [3.05, 3.63) is 59.7 Å². The highest BCUT2D eigenvalue weighted by molar-refractivity contribution is 5.68. The Labute approximate surface area is 197 Å². The second-order valence-corrected chi connectivity index (χ2v) is 10.6. The zero-order valence-electron chi connectivity index (χ0n) is 20.5. The maximum atomic E-state index is 5.42. The van der Waals surface area contributed by atoms with Crippen molar-refractivity contribution in [2.24, 2.45) is 11.8 Å². The highest BCUT2D eigenvalue weighted by Gasteiger charge is 2.27. The molecule has 2 aliphatic carbocycles. The lowest BCUT2D eigenvalue weighted by Gasteiger charge is -2.32. The van der Waals surface area contributed by atoms with Crippen LogP contribution in [-0.4, -0.2) is 13.7 Å². The predicted molar refractivity (Wildman–Crippen MR) is 137 cm³/mol. The standard InChI is InChI=1S/C31H44O/c1-3-4-6-9-24-12-18-28(19-13-24)31-22-29(26-16-14-25(15-17-26)23-32-2)20-21-30(31)27-10-7-5-8-11-27/h5,7-8,10-11,20-22,24-26,28H,3-4,6,9,12-19,23H2,1-2H3. The van der Waals surface area contributed by atoms with Gasteiger partial charge in [0.05, 0.1) is 0 Å².